The molecule has 0 unspecified atom stereocenters. The van der Waals surface area contributed by atoms with Gasteiger partial charge >= 0.3 is 0 Å². The van der Waals surface area contributed by atoms with Crippen molar-refractivity contribution in [3.63, 3.8) is 0 Å². The molecule has 26 heavy (non-hydrogen) atoms. The summed E-state index contributed by atoms with van der Waals surface area (Å²) in [7, 11) is 0. The fourth-order valence-electron chi connectivity index (χ4n) is 2.21. The molecule has 0 aliphatic carbocycles. The van der Waals surface area contributed by atoms with Crippen LogP contribution in [0.3, 0.4) is 0 Å². The minimum Gasteiger partial charge on any atom is -0.456 e. The van der Waals surface area contributed by atoms with Crippen molar-refractivity contribution < 1.29 is 9.47 Å². The Hall–Kier alpha value is -2.80. The van der Waals surface area contributed by atoms with Crippen LogP contribution in [0.25, 0.3) is 0 Å². The van der Waals surface area contributed by atoms with E-state index in [9.17, 15) is 10.5 Å². The summed E-state index contributed by atoms with van der Waals surface area (Å²) >= 11 is 6.70. The second-order valence-electron chi connectivity index (χ2n) is 5.18. The zero-order chi connectivity index (χ0) is 18.5. The van der Waals surface area contributed by atoms with Gasteiger partial charge in [-0.25, -0.2) is 0 Å². The van der Waals surface area contributed by atoms with Gasteiger partial charge in [0.15, 0.2) is 0 Å². The van der Waals surface area contributed by atoms with Gasteiger partial charge < -0.3 is 9.47 Å². The van der Waals surface area contributed by atoms with Crippen molar-refractivity contribution in [1.29, 1.82) is 10.5 Å². The highest BCUT2D eigenvalue weighted by atomic mass is 79.9. The molecular formula is C20H10Br2N2O2. The molecule has 0 heterocycles. The van der Waals surface area contributed by atoms with Crippen LogP contribution in [-0.4, -0.2) is 0 Å². The molecule has 126 valence electrons. The SMILES string of the molecule is N#Cc1cc(Br)ccc1Oc1cccc(Oc2cc(Br)ccc2C#N)c1. The largest absolute Gasteiger partial charge is 0.456 e. The first-order valence-electron chi connectivity index (χ1n) is 7.44. The summed E-state index contributed by atoms with van der Waals surface area (Å²) < 4.78 is 13.3. The van der Waals surface area contributed by atoms with Crippen molar-refractivity contribution in [2.45, 2.75) is 0 Å². The van der Waals surface area contributed by atoms with Crippen LogP contribution in [0.4, 0.5) is 0 Å². The third-order valence-electron chi connectivity index (χ3n) is 3.39. The van der Waals surface area contributed by atoms with E-state index in [-0.39, 0.29) is 0 Å². The Kier molecular flexibility index (Phi) is 5.58. The number of nitrogens with zero attached hydrogens (tertiary/aromatic N) is 2. The zero-order valence-corrected chi connectivity index (χ0v) is 16.4. The Labute approximate surface area is 167 Å². The molecule has 0 radical (unpaired) electrons. The van der Waals surface area contributed by atoms with Gasteiger partial charge in [-0.1, -0.05) is 37.9 Å². The number of ether oxygens (including phenoxy) is 2. The Morgan fingerprint density at radius 3 is 1.96 bits per heavy atom. The van der Waals surface area contributed by atoms with E-state index < -0.39 is 0 Å². The first-order chi connectivity index (χ1) is 12.6. The molecule has 0 saturated carbocycles. The van der Waals surface area contributed by atoms with Crippen LogP contribution in [0.1, 0.15) is 11.1 Å². The van der Waals surface area contributed by atoms with Gasteiger partial charge in [-0.15, -0.1) is 0 Å². The smallest absolute Gasteiger partial charge is 0.146 e. The highest BCUT2D eigenvalue weighted by Gasteiger charge is 2.09. The molecule has 4 nitrogen and oxygen atoms in total. The van der Waals surface area contributed by atoms with Gasteiger partial charge in [0.25, 0.3) is 0 Å². The van der Waals surface area contributed by atoms with Crippen LogP contribution in [0.2, 0.25) is 0 Å². The van der Waals surface area contributed by atoms with Crippen LogP contribution >= 0.6 is 31.9 Å². The Balaban J connectivity index is 1.87. The number of hydrogen-bond acceptors (Lipinski definition) is 4. The van der Waals surface area contributed by atoms with Crippen molar-refractivity contribution in [2.75, 3.05) is 0 Å². The van der Waals surface area contributed by atoms with Crippen LogP contribution in [0, 0.1) is 22.7 Å². The molecule has 0 aliphatic rings. The Bertz CT molecular complexity index is 1050. The standard InChI is InChI=1S/C20H10Br2N2O2/c21-15-6-7-19(14(8-15)12-24)25-17-2-1-3-18(10-17)26-20-9-16(22)5-4-13(20)11-23/h1-10H. The van der Waals surface area contributed by atoms with Crippen LogP contribution < -0.4 is 9.47 Å². The molecule has 3 rings (SSSR count). The van der Waals surface area contributed by atoms with E-state index in [0.29, 0.717) is 34.1 Å². The Morgan fingerprint density at radius 2 is 1.27 bits per heavy atom. The summed E-state index contributed by atoms with van der Waals surface area (Å²) in [6, 6.07) is 21.6. The predicted molar refractivity (Wildman–Crippen MR) is 104 cm³/mol. The van der Waals surface area contributed by atoms with Crippen molar-refractivity contribution in [1.82, 2.24) is 0 Å². The highest BCUT2D eigenvalue weighted by Crippen LogP contribution is 2.33. The van der Waals surface area contributed by atoms with Crippen molar-refractivity contribution in [2.24, 2.45) is 0 Å². The lowest BCUT2D eigenvalue weighted by Crippen LogP contribution is -1.91. The van der Waals surface area contributed by atoms with Gasteiger partial charge in [-0.3, -0.25) is 0 Å². The average Bonchev–Trinajstić information content (AvgIpc) is 2.64. The van der Waals surface area contributed by atoms with Crippen LogP contribution in [-0.2, 0) is 0 Å². The van der Waals surface area contributed by atoms with Crippen LogP contribution in [0.5, 0.6) is 23.0 Å². The minimum atomic E-state index is 0.421. The number of halogens is 2. The molecule has 0 amide bonds. The second-order valence-corrected chi connectivity index (χ2v) is 7.01. The van der Waals surface area contributed by atoms with Crippen molar-refractivity contribution in [3.05, 3.63) is 80.7 Å². The summed E-state index contributed by atoms with van der Waals surface area (Å²) in [5.41, 5.74) is 0.851. The van der Waals surface area contributed by atoms with Crippen molar-refractivity contribution in [3.8, 4) is 35.1 Å². The molecule has 0 aromatic heterocycles. The number of nitriles is 2. The zero-order valence-electron chi connectivity index (χ0n) is 13.2. The maximum absolute atomic E-state index is 9.24. The quantitative estimate of drug-likeness (QED) is 0.435. The van der Waals surface area contributed by atoms with Gasteiger partial charge in [-0.05, 0) is 48.5 Å². The molecular weight excluding hydrogens is 460 g/mol. The molecule has 0 aliphatic heterocycles. The molecule has 0 spiro atoms. The lowest BCUT2D eigenvalue weighted by atomic mass is 10.2. The molecule has 3 aromatic carbocycles. The van der Waals surface area contributed by atoms with E-state index in [1.54, 1.807) is 60.7 Å². The van der Waals surface area contributed by atoms with Gasteiger partial charge in [0.05, 0.1) is 11.1 Å². The monoisotopic (exact) mass is 468 g/mol. The van der Waals surface area contributed by atoms with Gasteiger partial charge in [0, 0.05) is 15.0 Å². The summed E-state index contributed by atoms with van der Waals surface area (Å²) in [6.07, 6.45) is 0. The third kappa shape index (κ3) is 4.23. The van der Waals surface area contributed by atoms with E-state index in [1.165, 1.54) is 0 Å². The number of rotatable bonds is 4. The van der Waals surface area contributed by atoms with Gasteiger partial charge in [0.2, 0.25) is 0 Å². The molecule has 6 heteroatoms. The van der Waals surface area contributed by atoms with E-state index in [4.69, 9.17) is 9.47 Å². The number of hydrogen-bond donors (Lipinski definition) is 0. The van der Waals surface area contributed by atoms with Gasteiger partial charge in [-0.2, -0.15) is 10.5 Å². The third-order valence-corrected chi connectivity index (χ3v) is 4.37. The molecule has 0 bridgehead atoms. The van der Waals surface area contributed by atoms with E-state index in [0.717, 1.165) is 8.95 Å². The molecule has 0 saturated heterocycles. The fraction of sp³-hybridized carbons (Fsp3) is 0. The lowest BCUT2D eigenvalue weighted by molar-refractivity contribution is 0.458. The molecule has 3 aromatic rings. The predicted octanol–water partition coefficient (Wildman–Crippen LogP) is 6.54. The van der Waals surface area contributed by atoms with E-state index in [2.05, 4.69) is 44.0 Å². The summed E-state index contributed by atoms with van der Waals surface area (Å²) in [5.74, 6) is 1.94. The lowest BCUT2D eigenvalue weighted by Gasteiger charge is -2.11. The topological polar surface area (TPSA) is 66.0 Å². The maximum Gasteiger partial charge on any atom is 0.146 e. The van der Waals surface area contributed by atoms with Crippen molar-refractivity contribution >= 4 is 31.9 Å². The molecule has 0 atom stereocenters. The Morgan fingerprint density at radius 1 is 0.654 bits per heavy atom. The van der Waals surface area contributed by atoms with Crippen LogP contribution in [0.15, 0.2) is 69.6 Å². The normalized spacial score (nSPS) is 9.85. The molecule has 0 N–H and O–H groups in total. The summed E-state index contributed by atoms with van der Waals surface area (Å²) in [5, 5.41) is 18.5. The highest BCUT2D eigenvalue weighted by molar-refractivity contribution is 9.10. The van der Waals surface area contributed by atoms with E-state index >= 15 is 0 Å². The fourth-order valence-corrected chi connectivity index (χ4v) is 2.91. The summed E-state index contributed by atoms with van der Waals surface area (Å²) in [6.45, 7) is 0. The minimum absolute atomic E-state index is 0.421. The first kappa shape index (κ1) is 18.0. The average molecular weight is 470 g/mol. The first-order valence-corrected chi connectivity index (χ1v) is 9.03. The van der Waals surface area contributed by atoms with Gasteiger partial charge in [0.1, 0.15) is 35.1 Å². The second kappa shape index (κ2) is 8.05. The summed E-state index contributed by atoms with van der Waals surface area (Å²) in [4.78, 5) is 0. The van der Waals surface area contributed by atoms with E-state index in [1.807, 2.05) is 0 Å². The maximum atomic E-state index is 9.24. The number of benzene rings is 3. The molecule has 0 fully saturated rings.